The summed E-state index contributed by atoms with van der Waals surface area (Å²) in [7, 11) is 0. The van der Waals surface area contributed by atoms with Crippen molar-refractivity contribution >= 4 is 5.97 Å². The Bertz CT molecular complexity index is 145. The van der Waals surface area contributed by atoms with Crippen LogP contribution in [0.4, 0.5) is 0 Å². The highest BCUT2D eigenvalue weighted by Gasteiger charge is 2.20. The third-order valence-electron chi connectivity index (χ3n) is 1.71. The Morgan fingerprint density at radius 3 is 2.64 bits per heavy atom. The van der Waals surface area contributed by atoms with Gasteiger partial charge in [0.15, 0.2) is 0 Å². The SMILES string of the molecule is NC(CC1NCCN1)C(=O)O. The normalized spacial score (nSPS) is 21.9. The largest absolute Gasteiger partial charge is 0.480 e. The molecular formula is C6H13N3O2. The molecule has 1 unspecified atom stereocenters. The van der Waals surface area contributed by atoms with E-state index in [1.54, 1.807) is 0 Å². The quantitative estimate of drug-likeness (QED) is 0.394. The molecule has 5 nitrogen and oxygen atoms in total. The lowest BCUT2D eigenvalue weighted by molar-refractivity contribution is -0.138. The maximum atomic E-state index is 10.3. The van der Waals surface area contributed by atoms with E-state index in [4.69, 9.17) is 10.8 Å². The van der Waals surface area contributed by atoms with Crippen LogP contribution in [0.2, 0.25) is 0 Å². The van der Waals surface area contributed by atoms with Gasteiger partial charge in [0, 0.05) is 19.5 Å². The van der Waals surface area contributed by atoms with Crippen LogP contribution in [0.15, 0.2) is 0 Å². The molecule has 1 heterocycles. The molecule has 0 aromatic rings. The van der Waals surface area contributed by atoms with Crippen LogP contribution in [0.3, 0.4) is 0 Å². The molecule has 64 valence electrons. The average Bonchev–Trinajstić information content (AvgIpc) is 2.39. The first-order valence-corrected chi connectivity index (χ1v) is 3.65. The van der Waals surface area contributed by atoms with E-state index in [-0.39, 0.29) is 6.17 Å². The molecule has 1 aliphatic rings. The molecule has 0 aliphatic carbocycles. The molecule has 1 fully saturated rings. The lowest BCUT2D eigenvalue weighted by Gasteiger charge is -2.12. The summed E-state index contributed by atoms with van der Waals surface area (Å²) >= 11 is 0. The number of aliphatic carboxylic acids is 1. The summed E-state index contributed by atoms with van der Waals surface area (Å²) in [6, 6.07) is -0.766. The number of rotatable bonds is 3. The van der Waals surface area contributed by atoms with E-state index in [9.17, 15) is 4.79 Å². The van der Waals surface area contributed by atoms with Gasteiger partial charge in [-0.1, -0.05) is 0 Å². The zero-order chi connectivity index (χ0) is 8.27. The van der Waals surface area contributed by atoms with E-state index >= 15 is 0 Å². The predicted octanol–water partition coefficient (Wildman–Crippen LogP) is -1.69. The Kier molecular flexibility index (Phi) is 2.81. The fourth-order valence-corrected chi connectivity index (χ4v) is 1.09. The summed E-state index contributed by atoms with van der Waals surface area (Å²) in [4.78, 5) is 10.3. The molecule has 0 amide bonds. The second kappa shape index (κ2) is 3.66. The van der Waals surface area contributed by atoms with Crippen molar-refractivity contribution in [2.45, 2.75) is 18.6 Å². The van der Waals surface area contributed by atoms with E-state index < -0.39 is 12.0 Å². The highest BCUT2D eigenvalue weighted by molar-refractivity contribution is 5.73. The monoisotopic (exact) mass is 159 g/mol. The van der Waals surface area contributed by atoms with Crippen LogP contribution in [0.25, 0.3) is 0 Å². The van der Waals surface area contributed by atoms with Crippen molar-refractivity contribution in [1.82, 2.24) is 10.6 Å². The van der Waals surface area contributed by atoms with E-state index in [0.717, 1.165) is 13.1 Å². The van der Waals surface area contributed by atoms with Gasteiger partial charge in [0.1, 0.15) is 6.04 Å². The fraction of sp³-hybridized carbons (Fsp3) is 0.833. The van der Waals surface area contributed by atoms with Gasteiger partial charge in [-0.2, -0.15) is 0 Å². The molecule has 0 aromatic carbocycles. The van der Waals surface area contributed by atoms with Crippen LogP contribution < -0.4 is 16.4 Å². The molecular weight excluding hydrogens is 146 g/mol. The van der Waals surface area contributed by atoms with Crippen molar-refractivity contribution in [3.63, 3.8) is 0 Å². The molecule has 11 heavy (non-hydrogen) atoms. The van der Waals surface area contributed by atoms with Crippen LogP contribution in [-0.4, -0.2) is 36.4 Å². The van der Waals surface area contributed by atoms with Gasteiger partial charge in [0.2, 0.25) is 0 Å². The number of nitrogens with two attached hydrogens (primary N) is 1. The summed E-state index contributed by atoms with van der Waals surface area (Å²) in [5.41, 5.74) is 5.32. The minimum absolute atomic E-state index is 0.0705. The standard InChI is InChI=1S/C6H13N3O2/c7-4(6(10)11)3-5-8-1-2-9-5/h4-5,8-9H,1-3,7H2,(H,10,11). The number of carboxylic acids is 1. The molecule has 0 bridgehead atoms. The van der Waals surface area contributed by atoms with Crippen molar-refractivity contribution in [2.24, 2.45) is 5.73 Å². The van der Waals surface area contributed by atoms with Crippen molar-refractivity contribution < 1.29 is 9.90 Å². The van der Waals surface area contributed by atoms with Gasteiger partial charge in [-0.15, -0.1) is 0 Å². The maximum Gasteiger partial charge on any atom is 0.320 e. The Morgan fingerprint density at radius 2 is 2.18 bits per heavy atom. The van der Waals surface area contributed by atoms with E-state index in [0.29, 0.717) is 6.42 Å². The molecule has 5 heteroatoms. The van der Waals surface area contributed by atoms with Crippen molar-refractivity contribution in [3.05, 3.63) is 0 Å². The van der Waals surface area contributed by atoms with Crippen LogP contribution in [0, 0.1) is 0 Å². The van der Waals surface area contributed by atoms with Gasteiger partial charge in [-0.05, 0) is 0 Å². The second-order valence-electron chi connectivity index (χ2n) is 2.64. The Morgan fingerprint density at radius 1 is 1.64 bits per heavy atom. The highest BCUT2D eigenvalue weighted by Crippen LogP contribution is 1.96. The number of hydrogen-bond donors (Lipinski definition) is 4. The maximum absolute atomic E-state index is 10.3. The molecule has 0 saturated carbocycles. The highest BCUT2D eigenvalue weighted by atomic mass is 16.4. The Labute approximate surface area is 65.0 Å². The Hall–Kier alpha value is -0.650. The molecule has 1 saturated heterocycles. The van der Waals surface area contributed by atoms with Crippen molar-refractivity contribution in [1.29, 1.82) is 0 Å². The van der Waals surface area contributed by atoms with Crippen LogP contribution in [-0.2, 0) is 4.79 Å². The van der Waals surface area contributed by atoms with E-state index in [1.807, 2.05) is 0 Å². The number of nitrogens with one attached hydrogen (secondary N) is 2. The summed E-state index contributed by atoms with van der Waals surface area (Å²) in [5.74, 6) is -0.944. The van der Waals surface area contributed by atoms with Crippen molar-refractivity contribution in [2.75, 3.05) is 13.1 Å². The summed E-state index contributed by atoms with van der Waals surface area (Å²) in [6.07, 6.45) is 0.510. The average molecular weight is 159 g/mol. The van der Waals surface area contributed by atoms with Gasteiger partial charge < -0.3 is 21.5 Å². The van der Waals surface area contributed by atoms with Gasteiger partial charge in [-0.25, -0.2) is 0 Å². The van der Waals surface area contributed by atoms with Crippen LogP contribution in [0.1, 0.15) is 6.42 Å². The third kappa shape index (κ3) is 2.45. The summed E-state index contributed by atoms with van der Waals surface area (Å²) < 4.78 is 0. The molecule has 0 aromatic heterocycles. The van der Waals surface area contributed by atoms with Gasteiger partial charge in [0.05, 0.1) is 6.17 Å². The molecule has 0 spiro atoms. The first kappa shape index (κ1) is 8.45. The first-order chi connectivity index (χ1) is 5.20. The minimum Gasteiger partial charge on any atom is -0.480 e. The molecule has 1 atom stereocenters. The van der Waals surface area contributed by atoms with Gasteiger partial charge >= 0.3 is 5.97 Å². The first-order valence-electron chi connectivity index (χ1n) is 3.65. The van der Waals surface area contributed by atoms with Gasteiger partial charge in [-0.3, -0.25) is 4.79 Å². The molecule has 0 radical (unpaired) electrons. The van der Waals surface area contributed by atoms with Crippen LogP contribution >= 0.6 is 0 Å². The van der Waals surface area contributed by atoms with E-state index in [1.165, 1.54) is 0 Å². The third-order valence-corrected chi connectivity index (χ3v) is 1.71. The van der Waals surface area contributed by atoms with E-state index in [2.05, 4.69) is 10.6 Å². The smallest absolute Gasteiger partial charge is 0.320 e. The molecule has 5 N–H and O–H groups in total. The number of hydrogen-bond acceptors (Lipinski definition) is 4. The molecule has 1 aliphatic heterocycles. The zero-order valence-corrected chi connectivity index (χ0v) is 6.21. The summed E-state index contributed by atoms with van der Waals surface area (Å²) in [6.45, 7) is 1.77. The topological polar surface area (TPSA) is 87.4 Å². The Balaban J connectivity index is 2.23. The van der Waals surface area contributed by atoms with Crippen LogP contribution in [0.5, 0.6) is 0 Å². The number of carbonyl (C=O) groups is 1. The predicted molar refractivity (Wildman–Crippen MR) is 40.0 cm³/mol. The summed E-state index contributed by atoms with van der Waals surface area (Å²) in [5, 5.41) is 14.6. The van der Waals surface area contributed by atoms with Gasteiger partial charge in [0.25, 0.3) is 0 Å². The second-order valence-corrected chi connectivity index (χ2v) is 2.64. The lowest BCUT2D eigenvalue weighted by Crippen LogP contribution is -2.41. The minimum atomic E-state index is -0.944. The molecule has 1 rings (SSSR count). The zero-order valence-electron chi connectivity index (χ0n) is 6.21. The fourth-order valence-electron chi connectivity index (χ4n) is 1.09. The van der Waals surface area contributed by atoms with Crippen molar-refractivity contribution in [3.8, 4) is 0 Å². The lowest BCUT2D eigenvalue weighted by atomic mass is 10.2. The number of carboxylic acid groups (broad SMARTS) is 1.